The first kappa shape index (κ1) is 12.2. The van der Waals surface area contributed by atoms with Gasteiger partial charge >= 0.3 is 0 Å². The van der Waals surface area contributed by atoms with Crippen molar-refractivity contribution in [2.24, 2.45) is 5.73 Å². The fourth-order valence-corrected chi connectivity index (χ4v) is 2.76. The number of aryl methyl sites for hydroxylation is 1. The minimum Gasteiger partial charge on any atom is -0.321 e. The molecule has 2 aromatic rings. The van der Waals surface area contributed by atoms with E-state index in [0.717, 1.165) is 10.7 Å². The van der Waals surface area contributed by atoms with Gasteiger partial charge in [-0.2, -0.15) is 0 Å². The van der Waals surface area contributed by atoms with Crippen molar-refractivity contribution in [3.8, 4) is 0 Å². The first-order valence-corrected chi connectivity index (χ1v) is 6.32. The van der Waals surface area contributed by atoms with Crippen molar-refractivity contribution in [1.29, 1.82) is 0 Å². The molecule has 1 unspecified atom stereocenters. The molecule has 0 aliphatic heterocycles. The van der Waals surface area contributed by atoms with Gasteiger partial charge in [-0.3, -0.25) is 0 Å². The Balaban J connectivity index is 2.27. The van der Waals surface area contributed by atoms with E-state index in [2.05, 4.69) is 4.98 Å². The quantitative estimate of drug-likeness (QED) is 0.909. The summed E-state index contributed by atoms with van der Waals surface area (Å²) >= 11 is 1.56. The highest BCUT2D eigenvalue weighted by Gasteiger charge is 2.26. The highest BCUT2D eigenvalue weighted by molar-refractivity contribution is 7.09. The molecule has 1 atom stereocenters. The van der Waals surface area contributed by atoms with Crippen molar-refractivity contribution >= 4 is 11.3 Å². The number of hydrogen-bond donors (Lipinski definition) is 1. The number of thiazole rings is 1. The van der Waals surface area contributed by atoms with Crippen molar-refractivity contribution in [3.05, 3.63) is 51.7 Å². The molecule has 1 heterocycles. The first-order chi connectivity index (χ1) is 7.99. The Morgan fingerprint density at radius 3 is 2.71 bits per heavy atom. The second-order valence-corrected chi connectivity index (χ2v) is 5.40. The third kappa shape index (κ3) is 2.70. The van der Waals surface area contributed by atoms with Crippen molar-refractivity contribution in [1.82, 2.24) is 4.98 Å². The third-order valence-electron chi connectivity index (χ3n) is 2.67. The van der Waals surface area contributed by atoms with Crippen LogP contribution in [0, 0.1) is 12.7 Å². The Labute approximate surface area is 104 Å². The summed E-state index contributed by atoms with van der Waals surface area (Å²) in [7, 11) is 0. The van der Waals surface area contributed by atoms with Gasteiger partial charge < -0.3 is 5.73 Å². The summed E-state index contributed by atoms with van der Waals surface area (Å²) in [5.41, 5.74) is 7.00. The van der Waals surface area contributed by atoms with E-state index >= 15 is 0 Å². The summed E-state index contributed by atoms with van der Waals surface area (Å²) in [5.74, 6) is -0.259. The van der Waals surface area contributed by atoms with Gasteiger partial charge in [0.2, 0.25) is 0 Å². The Morgan fingerprint density at radius 2 is 2.12 bits per heavy atom. The number of hydrogen-bond acceptors (Lipinski definition) is 3. The van der Waals surface area contributed by atoms with Crippen LogP contribution in [-0.2, 0) is 12.0 Å². The molecular formula is C13H15FN2S. The summed E-state index contributed by atoms with van der Waals surface area (Å²) in [6.45, 7) is 3.78. The monoisotopic (exact) mass is 250 g/mol. The fourth-order valence-electron chi connectivity index (χ4n) is 1.82. The van der Waals surface area contributed by atoms with Gasteiger partial charge in [-0.25, -0.2) is 9.37 Å². The summed E-state index contributed by atoms with van der Waals surface area (Å²) < 4.78 is 13.7. The topological polar surface area (TPSA) is 38.9 Å². The average molecular weight is 250 g/mol. The summed E-state index contributed by atoms with van der Waals surface area (Å²) in [6, 6.07) is 6.64. The van der Waals surface area contributed by atoms with Gasteiger partial charge in [-0.1, -0.05) is 18.2 Å². The molecule has 4 heteroatoms. The SMILES string of the molecule is Cc1csc(CC(C)(N)c2ccccc2F)n1. The molecular weight excluding hydrogens is 235 g/mol. The van der Waals surface area contributed by atoms with Crippen molar-refractivity contribution < 1.29 is 4.39 Å². The van der Waals surface area contributed by atoms with Crippen LogP contribution in [0.3, 0.4) is 0 Å². The van der Waals surface area contributed by atoms with E-state index in [1.807, 2.05) is 19.2 Å². The van der Waals surface area contributed by atoms with Crippen LogP contribution in [0.1, 0.15) is 23.2 Å². The third-order valence-corrected chi connectivity index (χ3v) is 3.64. The van der Waals surface area contributed by atoms with Crippen LogP contribution in [0.4, 0.5) is 4.39 Å². The molecule has 0 aliphatic carbocycles. The number of nitrogens with two attached hydrogens (primary N) is 1. The van der Waals surface area contributed by atoms with Crippen molar-refractivity contribution in [2.75, 3.05) is 0 Å². The molecule has 0 saturated heterocycles. The Bertz CT molecular complexity index is 520. The molecule has 0 spiro atoms. The van der Waals surface area contributed by atoms with Crippen LogP contribution in [-0.4, -0.2) is 4.98 Å². The van der Waals surface area contributed by atoms with E-state index in [4.69, 9.17) is 5.73 Å². The molecule has 0 saturated carbocycles. The van der Waals surface area contributed by atoms with E-state index < -0.39 is 5.54 Å². The molecule has 0 radical (unpaired) electrons. The summed E-state index contributed by atoms with van der Waals surface area (Å²) in [6.07, 6.45) is 0.548. The van der Waals surface area contributed by atoms with Crippen LogP contribution in [0.5, 0.6) is 0 Å². The highest BCUT2D eigenvalue weighted by atomic mass is 32.1. The molecule has 2 nitrogen and oxygen atoms in total. The number of rotatable bonds is 3. The Morgan fingerprint density at radius 1 is 1.41 bits per heavy atom. The summed E-state index contributed by atoms with van der Waals surface area (Å²) in [5, 5.41) is 2.92. The number of nitrogens with zero attached hydrogens (tertiary/aromatic N) is 1. The van der Waals surface area contributed by atoms with Gasteiger partial charge in [0.25, 0.3) is 0 Å². The lowest BCUT2D eigenvalue weighted by Gasteiger charge is -2.24. The van der Waals surface area contributed by atoms with Crippen LogP contribution in [0.15, 0.2) is 29.6 Å². The minimum absolute atomic E-state index is 0.259. The lowest BCUT2D eigenvalue weighted by atomic mass is 9.89. The van der Waals surface area contributed by atoms with Gasteiger partial charge in [0.15, 0.2) is 0 Å². The van der Waals surface area contributed by atoms with Gasteiger partial charge in [0.05, 0.1) is 5.01 Å². The Hall–Kier alpha value is -1.26. The molecule has 1 aromatic carbocycles. The van der Waals surface area contributed by atoms with Crippen LogP contribution < -0.4 is 5.73 Å². The fraction of sp³-hybridized carbons (Fsp3) is 0.308. The smallest absolute Gasteiger partial charge is 0.128 e. The molecule has 2 rings (SSSR count). The number of halogens is 1. The van der Waals surface area contributed by atoms with Gasteiger partial charge in [0.1, 0.15) is 5.82 Å². The Kier molecular flexibility index (Phi) is 3.26. The molecule has 0 amide bonds. The van der Waals surface area contributed by atoms with Crippen LogP contribution in [0.25, 0.3) is 0 Å². The lowest BCUT2D eigenvalue weighted by Crippen LogP contribution is -2.36. The van der Waals surface area contributed by atoms with E-state index in [9.17, 15) is 4.39 Å². The molecule has 1 aromatic heterocycles. The van der Waals surface area contributed by atoms with Crippen LogP contribution >= 0.6 is 11.3 Å². The zero-order valence-corrected chi connectivity index (χ0v) is 10.7. The van der Waals surface area contributed by atoms with Gasteiger partial charge in [-0.15, -0.1) is 11.3 Å². The molecule has 0 bridgehead atoms. The number of aromatic nitrogens is 1. The largest absolute Gasteiger partial charge is 0.321 e. The zero-order valence-electron chi connectivity index (χ0n) is 9.90. The maximum absolute atomic E-state index is 13.7. The maximum atomic E-state index is 13.7. The van der Waals surface area contributed by atoms with E-state index in [1.165, 1.54) is 6.07 Å². The molecule has 0 aliphatic rings. The second kappa shape index (κ2) is 4.55. The van der Waals surface area contributed by atoms with E-state index in [-0.39, 0.29) is 5.82 Å². The highest BCUT2D eigenvalue weighted by Crippen LogP contribution is 2.26. The molecule has 90 valence electrons. The van der Waals surface area contributed by atoms with Gasteiger partial charge in [-0.05, 0) is 19.9 Å². The predicted molar refractivity (Wildman–Crippen MR) is 68.5 cm³/mol. The molecule has 0 fully saturated rings. The van der Waals surface area contributed by atoms with Crippen molar-refractivity contribution in [3.63, 3.8) is 0 Å². The zero-order chi connectivity index (χ0) is 12.5. The lowest BCUT2D eigenvalue weighted by molar-refractivity contribution is 0.456. The van der Waals surface area contributed by atoms with Crippen LogP contribution in [0.2, 0.25) is 0 Å². The normalized spacial score (nSPS) is 14.6. The van der Waals surface area contributed by atoms with E-state index in [1.54, 1.807) is 29.5 Å². The maximum Gasteiger partial charge on any atom is 0.128 e. The standard InChI is InChI=1S/C13H15FN2S/c1-9-8-17-12(16-9)7-13(2,15)10-5-3-4-6-11(10)14/h3-6,8H,7,15H2,1-2H3. The van der Waals surface area contributed by atoms with Crippen molar-refractivity contribution in [2.45, 2.75) is 25.8 Å². The second-order valence-electron chi connectivity index (χ2n) is 4.46. The van der Waals surface area contributed by atoms with E-state index in [0.29, 0.717) is 12.0 Å². The minimum atomic E-state index is -0.727. The molecule has 2 N–H and O–H groups in total. The predicted octanol–water partition coefficient (Wildman–Crippen LogP) is 3.01. The number of benzene rings is 1. The first-order valence-electron chi connectivity index (χ1n) is 5.44. The van der Waals surface area contributed by atoms with Gasteiger partial charge in [0, 0.05) is 28.6 Å². The average Bonchev–Trinajstić information content (AvgIpc) is 2.63. The molecule has 17 heavy (non-hydrogen) atoms. The summed E-state index contributed by atoms with van der Waals surface area (Å²) in [4.78, 5) is 4.37.